The summed E-state index contributed by atoms with van der Waals surface area (Å²) in [6.07, 6.45) is 5.32. The lowest BCUT2D eigenvalue weighted by Gasteiger charge is -2.38. The summed E-state index contributed by atoms with van der Waals surface area (Å²) in [5.41, 5.74) is 3.56. The molecule has 0 spiro atoms. The molecule has 7 heteroatoms. The maximum Gasteiger partial charge on any atom is 0.304 e. The van der Waals surface area contributed by atoms with Gasteiger partial charge in [-0.1, -0.05) is 43.6 Å². The predicted octanol–water partition coefficient (Wildman–Crippen LogP) is 7.03. The van der Waals surface area contributed by atoms with E-state index in [1.807, 2.05) is 13.0 Å². The number of carbonyl (C=O) groups excluding carboxylic acids is 1. The number of aliphatic carboxylic acids is 1. The normalized spacial score (nSPS) is 21.1. The molecule has 4 rings (SSSR count). The van der Waals surface area contributed by atoms with Gasteiger partial charge in [0.15, 0.2) is 0 Å². The zero-order valence-electron chi connectivity index (χ0n) is 20.5. The van der Waals surface area contributed by atoms with Crippen molar-refractivity contribution in [3.8, 4) is 0 Å². The highest BCUT2D eigenvalue weighted by molar-refractivity contribution is 6.33. The number of hydrogen-bond acceptors (Lipinski definition) is 4. The van der Waals surface area contributed by atoms with Gasteiger partial charge in [0.05, 0.1) is 22.8 Å². The van der Waals surface area contributed by atoms with Crippen LogP contribution >= 0.6 is 11.6 Å². The van der Waals surface area contributed by atoms with E-state index >= 15 is 0 Å². The molecular formula is C27H35ClN2O4. The van der Waals surface area contributed by atoms with Crippen molar-refractivity contribution in [3.63, 3.8) is 0 Å². The van der Waals surface area contributed by atoms with E-state index in [1.165, 1.54) is 6.42 Å². The number of carboxylic acids is 1. The third kappa shape index (κ3) is 6.01. The van der Waals surface area contributed by atoms with Crippen LogP contribution in [0.5, 0.6) is 0 Å². The summed E-state index contributed by atoms with van der Waals surface area (Å²) in [6.45, 7) is 8.74. The summed E-state index contributed by atoms with van der Waals surface area (Å²) in [5, 5.41) is 17.2. The third-order valence-electron chi connectivity index (χ3n) is 6.92. The molecule has 2 N–H and O–H groups in total. The maximum atomic E-state index is 12.9. The molecule has 184 valence electrons. The Labute approximate surface area is 206 Å². The van der Waals surface area contributed by atoms with Gasteiger partial charge in [-0.2, -0.15) is 0 Å². The Balaban J connectivity index is 1.51. The molecule has 0 bridgehead atoms. The van der Waals surface area contributed by atoms with E-state index in [9.17, 15) is 14.7 Å². The Morgan fingerprint density at radius 2 is 1.91 bits per heavy atom. The summed E-state index contributed by atoms with van der Waals surface area (Å²) in [5.74, 6) is 0.549. The fraction of sp³-hybridized carbons (Fsp3) is 0.593. The van der Waals surface area contributed by atoms with Crippen LogP contribution in [0.15, 0.2) is 22.7 Å². The monoisotopic (exact) mass is 486 g/mol. The summed E-state index contributed by atoms with van der Waals surface area (Å²) in [6, 6.07) is 5.42. The van der Waals surface area contributed by atoms with Crippen LogP contribution in [0.2, 0.25) is 5.02 Å². The lowest BCUT2D eigenvalue weighted by atomic mass is 9.67. The van der Waals surface area contributed by atoms with Gasteiger partial charge < -0.3 is 14.9 Å². The van der Waals surface area contributed by atoms with Gasteiger partial charge in [-0.3, -0.25) is 9.59 Å². The van der Waals surface area contributed by atoms with Crippen molar-refractivity contribution in [1.29, 1.82) is 0 Å². The smallest absolute Gasteiger partial charge is 0.304 e. The van der Waals surface area contributed by atoms with Gasteiger partial charge in [-0.05, 0) is 74.0 Å². The zero-order chi connectivity index (χ0) is 24.6. The van der Waals surface area contributed by atoms with Gasteiger partial charge in [-0.25, -0.2) is 0 Å². The van der Waals surface area contributed by atoms with Gasteiger partial charge in [0, 0.05) is 23.8 Å². The minimum absolute atomic E-state index is 0.0134. The van der Waals surface area contributed by atoms with Crippen molar-refractivity contribution in [2.24, 2.45) is 11.3 Å². The Hall–Kier alpha value is -2.34. The average Bonchev–Trinajstić information content (AvgIpc) is 3.43. The molecule has 1 aromatic carbocycles. The minimum atomic E-state index is -0.952. The number of hydrogen-bond donors (Lipinski definition) is 2. The van der Waals surface area contributed by atoms with Crippen molar-refractivity contribution in [1.82, 2.24) is 5.16 Å². The number of nitrogens with one attached hydrogen (secondary N) is 1. The molecule has 0 radical (unpaired) electrons. The summed E-state index contributed by atoms with van der Waals surface area (Å²) in [4.78, 5) is 24.6. The van der Waals surface area contributed by atoms with Crippen molar-refractivity contribution >= 4 is 29.2 Å². The number of nitrogens with zero attached hydrogens (tertiary/aromatic N) is 1. The van der Waals surface area contributed by atoms with E-state index in [0.717, 1.165) is 42.6 Å². The summed E-state index contributed by atoms with van der Waals surface area (Å²) >= 11 is 6.26. The maximum absolute atomic E-state index is 12.9. The fourth-order valence-electron chi connectivity index (χ4n) is 5.30. The second kappa shape index (κ2) is 9.73. The van der Waals surface area contributed by atoms with E-state index in [0.29, 0.717) is 39.6 Å². The van der Waals surface area contributed by atoms with Gasteiger partial charge in [-0.15, -0.1) is 0 Å². The van der Waals surface area contributed by atoms with Crippen LogP contribution in [-0.4, -0.2) is 22.1 Å². The Morgan fingerprint density at radius 3 is 2.50 bits per heavy atom. The first-order chi connectivity index (χ1) is 16.0. The largest absolute Gasteiger partial charge is 0.481 e. The molecule has 0 saturated heterocycles. The summed E-state index contributed by atoms with van der Waals surface area (Å²) in [7, 11) is 0. The molecule has 2 aliphatic carbocycles. The van der Waals surface area contributed by atoms with Crippen LogP contribution < -0.4 is 5.32 Å². The van der Waals surface area contributed by atoms with Gasteiger partial charge in [0.1, 0.15) is 5.76 Å². The van der Waals surface area contributed by atoms with E-state index in [1.54, 1.807) is 12.1 Å². The van der Waals surface area contributed by atoms with Crippen LogP contribution in [0.4, 0.5) is 5.69 Å². The number of aromatic nitrogens is 1. The topological polar surface area (TPSA) is 92.4 Å². The molecule has 1 unspecified atom stereocenters. The molecule has 0 aliphatic heterocycles. The lowest BCUT2D eigenvalue weighted by Crippen LogP contribution is -2.26. The molecule has 1 amide bonds. The first kappa shape index (κ1) is 24.8. The average molecular weight is 487 g/mol. The first-order valence-corrected chi connectivity index (χ1v) is 12.6. The second-order valence-corrected chi connectivity index (χ2v) is 11.9. The van der Waals surface area contributed by atoms with E-state index in [2.05, 4.69) is 31.2 Å². The number of rotatable bonds is 9. The Bertz CT molecular complexity index is 1060. The highest BCUT2D eigenvalue weighted by atomic mass is 35.5. The molecular weight excluding hydrogens is 452 g/mol. The predicted molar refractivity (Wildman–Crippen MR) is 132 cm³/mol. The van der Waals surface area contributed by atoms with Gasteiger partial charge >= 0.3 is 5.97 Å². The van der Waals surface area contributed by atoms with Crippen LogP contribution in [0.3, 0.4) is 0 Å². The second-order valence-electron chi connectivity index (χ2n) is 11.4. The molecule has 1 aromatic heterocycles. The number of carbonyl (C=O) groups is 2. The number of aryl methyl sites for hydroxylation is 1. The molecule has 2 fully saturated rings. The minimum Gasteiger partial charge on any atom is -0.481 e. The van der Waals surface area contributed by atoms with Crippen molar-refractivity contribution in [2.75, 3.05) is 5.32 Å². The van der Waals surface area contributed by atoms with E-state index in [-0.39, 0.29) is 18.7 Å². The van der Waals surface area contributed by atoms with Crippen LogP contribution in [0.1, 0.15) is 106 Å². The number of amides is 1. The number of anilines is 1. The number of carboxylic acid groups (broad SMARTS) is 1. The molecule has 34 heavy (non-hydrogen) atoms. The first-order valence-electron chi connectivity index (χ1n) is 12.3. The molecule has 2 aliphatic rings. The Morgan fingerprint density at radius 1 is 1.21 bits per heavy atom. The van der Waals surface area contributed by atoms with Crippen LogP contribution in [0.25, 0.3) is 0 Å². The molecule has 2 saturated carbocycles. The lowest BCUT2D eigenvalue weighted by molar-refractivity contribution is -0.137. The van der Waals surface area contributed by atoms with Crippen molar-refractivity contribution in [3.05, 3.63) is 45.8 Å². The quantitative estimate of drug-likeness (QED) is 0.396. The van der Waals surface area contributed by atoms with Crippen molar-refractivity contribution < 1.29 is 19.2 Å². The van der Waals surface area contributed by atoms with E-state index in [4.69, 9.17) is 16.1 Å². The fourth-order valence-corrected chi connectivity index (χ4v) is 5.58. The number of benzene rings is 1. The number of halogens is 1. The van der Waals surface area contributed by atoms with Gasteiger partial charge in [0.25, 0.3) is 0 Å². The highest BCUT2D eigenvalue weighted by Gasteiger charge is 2.42. The zero-order valence-corrected chi connectivity index (χ0v) is 21.2. The molecule has 6 nitrogen and oxygen atoms in total. The van der Waals surface area contributed by atoms with Crippen LogP contribution in [0, 0.1) is 18.3 Å². The van der Waals surface area contributed by atoms with E-state index < -0.39 is 11.9 Å². The van der Waals surface area contributed by atoms with Crippen LogP contribution in [-0.2, 0) is 9.59 Å². The Kier molecular flexibility index (Phi) is 7.09. The highest BCUT2D eigenvalue weighted by Crippen LogP contribution is 2.53. The standard InChI is InChI=1S/C27H35ClN2O4/c1-15-5-8-21(20(28)9-15)29-22(31)12-18(13-23(32)33)25-24(17-6-7-17)26(34-30-25)19-10-16(11-19)14-27(2,3)4/h5,8-9,16-19H,6-7,10-14H2,1-4H3,(H,29,31)(H,32,33). The molecule has 1 heterocycles. The SMILES string of the molecule is Cc1ccc(NC(=O)CC(CC(=O)O)c2noc(C3CC(CC(C)(C)C)C3)c2C2CC2)c(Cl)c1. The third-order valence-corrected chi connectivity index (χ3v) is 7.23. The summed E-state index contributed by atoms with van der Waals surface area (Å²) < 4.78 is 5.88. The molecule has 1 atom stereocenters. The molecule has 2 aromatic rings. The van der Waals surface area contributed by atoms with Gasteiger partial charge in [0.2, 0.25) is 5.91 Å². The van der Waals surface area contributed by atoms with Crippen molar-refractivity contribution in [2.45, 2.75) is 90.4 Å².